The fourth-order valence-electron chi connectivity index (χ4n) is 2.10. The molecule has 0 atom stereocenters. The van der Waals surface area contributed by atoms with E-state index in [1.165, 1.54) is 16.7 Å². The summed E-state index contributed by atoms with van der Waals surface area (Å²) < 4.78 is 1.80. The zero-order valence-electron chi connectivity index (χ0n) is 10.9. The van der Waals surface area contributed by atoms with E-state index in [2.05, 4.69) is 46.7 Å². The molecule has 0 amide bonds. The molecular formula is C16H14ClN3. The summed E-state index contributed by atoms with van der Waals surface area (Å²) in [5.41, 5.74) is 4.43. The van der Waals surface area contributed by atoms with Crippen LogP contribution in [-0.4, -0.2) is 15.0 Å². The summed E-state index contributed by atoms with van der Waals surface area (Å²) >= 11 is 5.72. The van der Waals surface area contributed by atoms with E-state index in [1.807, 2.05) is 24.4 Å². The lowest BCUT2D eigenvalue weighted by atomic mass is 10.0. The Labute approximate surface area is 122 Å². The molecule has 0 aliphatic heterocycles. The Hall–Kier alpha value is -2.13. The highest BCUT2D eigenvalue weighted by atomic mass is 35.5. The van der Waals surface area contributed by atoms with Gasteiger partial charge in [-0.3, -0.25) is 0 Å². The topological polar surface area (TPSA) is 30.7 Å². The van der Waals surface area contributed by atoms with Gasteiger partial charge in [0.05, 0.1) is 24.3 Å². The molecule has 0 N–H and O–H groups in total. The fourth-order valence-corrected chi connectivity index (χ4v) is 2.22. The summed E-state index contributed by atoms with van der Waals surface area (Å²) in [6, 6.07) is 18.8. The molecule has 0 saturated carbocycles. The van der Waals surface area contributed by atoms with Crippen LogP contribution in [-0.2, 0) is 12.4 Å². The van der Waals surface area contributed by atoms with Gasteiger partial charge in [-0.2, -0.15) is 0 Å². The maximum atomic E-state index is 5.72. The fraction of sp³-hybridized carbons (Fsp3) is 0.125. The first-order valence-electron chi connectivity index (χ1n) is 6.44. The van der Waals surface area contributed by atoms with Gasteiger partial charge < -0.3 is 0 Å². The van der Waals surface area contributed by atoms with Crippen molar-refractivity contribution < 1.29 is 0 Å². The molecule has 1 aromatic heterocycles. The summed E-state index contributed by atoms with van der Waals surface area (Å²) in [6.07, 6.45) is 1.87. The molecule has 0 saturated heterocycles. The zero-order chi connectivity index (χ0) is 13.8. The molecule has 0 radical (unpaired) electrons. The molecule has 3 aromatic rings. The van der Waals surface area contributed by atoms with Crippen molar-refractivity contribution in [1.29, 1.82) is 0 Å². The Bertz CT molecular complexity index is 674. The van der Waals surface area contributed by atoms with Crippen molar-refractivity contribution in [3.05, 3.63) is 72.1 Å². The minimum atomic E-state index is 0.396. The van der Waals surface area contributed by atoms with Crippen molar-refractivity contribution in [3.8, 4) is 11.1 Å². The minimum absolute atomic E-state index is 0.396. The van der Waals surface area contributed by atoms with Gasteiger partial charge >= 0.3 is 0 Å². The average molecular weight is 284 g/mol. The molecular weight excluding hydrogens is 270 g/mol. The first kappa shape index (κ1) is 12.9. The van der Waals surface area contributed by atoms with E-state index in [9.17, 15) is 0 Å². The average Bonchev–Trinajstić information content (AvgIpc) is 2.97. The predicted molar refractivity (Wildman–Crippen MR) is 80.6 cm³/mol. The van der Waals surface area contributed by atoms with Gasteiger partial charge in [-0.1, -0.05) is 59.8 Å². The SMILES string of the molecule is ClCc1cn(Cc2ccc(-c3ccccc3)cc2)nn1. The van der Waals surface area contributed by atoms with Crippen molar-refractivity contribution in [2.75, 3.05) is 0 Å². The molecule has 0 fully saturated rings. The Morgan fingerprint density at radius 2 is 1.60 bits per heavy atom. The standard InChI is InChI=1S/C16H14ClN3/c17-10-16-12-20(19-18-16)11-13-6-8-15(9-7-13)14-4-2-1-3-5-14/h1-9,12H,10-11H2. The van der Waals surface area contributed by atoms with Crippen LogP contribution in [0.15, 0.2) is 60.8 Å². The van der Waals surface area contributed by atoms with E-state index in [-0.39, 0.29) is 0 Å². The third kappa shape index (κ3) is 2.89. The lowest BCUT2D eigenvalue weighted by molar-refractivity contribution is 0.649. The van der Waals surface area contributed by atoms with E-state index in [1.54, 1.807) is 4.68 Å². The first-order chi connectivity index (χ1) is 9.85. The highest BCUT2D eigenvalue weighted by Crippen LogP contribution is 2.19. The highest BCUT2D eigenvalue weighted by molar-refractivity contribution is 6.16. The summed E-state index contributed by atoms with van der Waals surface area (Å²) in [4.78, 5) is 0. The van der Waals surface area contributed by atoms with E-state index >= 15 is 0 Å². The van der Waals surface area contributed by atoms with Crippen LogP contribution in [0.3, 0.4) is 0 Å². The third-order valence-corrected chi connectivity index (χ3v) is 3.40. The van der Waals surface area contributed by atoms with Crippen LogP contribution in [0.25, 0.3) is 11.1 Å². The number of rotatable bonds is 4. The quantitative estimate of drug-likeness (QED) is 0.683. The molecule has 4 heteroatoms. The minimum Gasteiger partial charge on any atom is -0.248 e. The van der Waals surface area contributed by atoms with Crippen LogP contribution in [0, 0.1) is 0 Å². The summed E-state index contributed by atoms with van der Waals surface area (Å²) in [7, 11) is 0. The number of hydrogen-bond donors (Lipinski definition) is 0. The molecule has 0 bridgehead atoms. The highest BCUT2D eigenvalue weighted by Gasteiger charge is 2.01. The van der Waals surface area contributed by atoms with Gasteiger partial charge in [-0.15, -0.1) is 16.7 Å². The smallest absolute Gasteiger partial charge is 0.0974 e. The largest absolute Gasteiger partial charge is 0.248 e. The maximum absolute atomic E-state index is 5.72. The molecule has 2 aromatic carbocycles. The van der Waals surface area contributed by atoms with Crippen molar-refractivity contribution in [3.63, 3.8) is 0 Å². The van der Waals surface area contributed by atoms with Gasteiger partial charge in [0.15, 0.2) is 0 Å². The van der Waals surface area contributed by atoms with E-state index in [4.69, 9.17) is 11.6 Å². The van der Waals surface area contributed by atoms with Gasteiger partial charge in [-0.05, 0) is 16.7 Å². The molecule has 3 rings (SSSR count). The maximum Gasteiger partial charge on any atom is 0.0974 e. The second-order valence-electron chi connectivity index (χ2n) is 4.60. The van der Waals surface area contributed by atoms with Crippen LogP contribution in [0.4, 0.5) is 0 Å². The van der Waals surface area contributed by atoms with Crippen LogP contribution in [0.5, 0.6) is 0 Å². The van der Waals surface area contributed by atoms with Crippen molar-refractivity contribution in [2.45, 2.75) is 12.4 Å². The normalized spacial score (nSPS) is 10.7. The van der Waals surface area contributed by atoms with Crippen molar-refractivity contribution in [2.24, 2.45) is 0 Å². The molecule has 0 unspecified atom stereocenters. The number of benzene rings is 2. The molecule has 0 aliphatic rings. The molecule has 1 heterocycles. The van der Waals surface area contributed by atoms with Gasteiger partial charge in [0.25, 0.3) is 0 Å². The summed E-state index contributed by atoms with van der Waals surface area (Å²) in [5.74, 6) is 0.396. The van der Waals surface area contributed by atoms with Crippen molar-refractivity contribution >= 4 is 11.6 Å². The third-order valence-electron chi connectivity index (χ3n) is 3.13. The zero-order valence-corrected chi connectivity index (χ0v) is 11.7. The van der Waals surface area contributed by atoms with Gasteiger partial charge in [0.2, 0.25) is 0 Å². The van der Waals surface area contributed by atoms with E-state index in [0.717, 1.165) is 5.69 Å². The summed E-state index contributed by atoms with van der Waals surface area (Å²) in [6.45, 7) is 0.707. The van der Waals surface area contributed by atoms with Gasteiger partial charge in [0.1, 0.15) is 0 Å². The molecule has 3 nitrogen and oxygen atoms in total. The molecule has 0 aliphatic carbocycles. The van der Waals surface area contributed by atoms with Gasteiger partial charge in [-0.25, -0.2) is 4.68 Å². The predicted octanol–water partition coefficient (Wildman–Crippen LogP) is 3.73. The number of aromatic nitrogens is 3. The molecule has 20 heavy (non-hydrogen) atoms. The lowest BCUT2D eigenvalue weighted by Crippen LogP contribution is -2.00. The number of alkyl halides is 1. The van der Waals surface area contributed by atoms with Gasteiger partial charge in [0, 0.05) is 0 Å². The summed E-state index contributed by atoms with van der Waals surface area (Å²) in [5, 5.41) is 8.02. The lowest BCUT2D eigenvalue weighted by Gasteiger charge is -2.04. The Morgan fingerprint density at radius 1 is 0.900 bits per heavy atom. The second-order valence-corrected chi connectivity index (χ2v) is 4.87. The second kappa shape index (κ2) is 5.88. The van der Waals surface area contributed by atoms with Crippen LogP contribution in [0.1, 0.15) is 11.3 Å². The number of nitrogens with zero attached hydrogens (tertiary/aromatic N) is 3. The van der Waals surface area contributed by atoms with Crippen LogP contribution in [0.2, 0.25) is 0 Å². The number of halogens is 1. The Morgan fingerprint density at radius 3 is 2.25 bits per heavy atom. The van der Waals surface area contributed by atoms with Crippen LogP contribution < -0.4 is 0 Å². The first-order valence-corrected chi connectivity index (χ1v) is 6.98. The Balaban J connectivity index is 1.76. The number of hydrogen-bond acceptors (Lipinski definition) is 2. The van der Waals surface area contributed by atoms with Crippen molar-refractivity contribution in [1.82, 2.24) is 15.0 Å². The van der Waals surface area contributed by atoms with E-state index in [0.29, 0.717) is 12.4 Å². The molecule has 0 spiro atoms. The monoisotopic (exact) mass is 283 g/mol. The van der Waals surface area contributed by atoms with Crippen LogP contribution >= 0.6 is 11.6 Å². The molecule has 100 valence electrons. The Kier molecular flexibility index (Phi) is 3.79. The van der Waals surface area contributed by atoms with E-state index < -0.39 is 0 Å².